The minimum atomic E-state index is -2.13. The van der Waals surface area contributed by atoms with Crippen molar-refractivity contribution < 1.29 is 59.1 Å². The average molecular weight is 739 g/mol. The monoisotopic (exact) mass is 738 g/mol. The number of aliphatic hydroxyl groups is 6. The summed E-state index contributed by atoms with van der Waals surface area (Å²) in [5.41, 5.74) is 6.15. The van der Waals surface area contributed by atoms with Gasteiger partial charge >= 0.3 is 0 Å². The predicted octanol–water partition coefficient (Wildman–Crippen LogP) is 1.74. The summed E-state index contributed by atoms with van der Waals surface area (Å²) in [4.78, 5) is 0. The number of hydrogen-bond donors (Lipinski definition) is 7. The van der Waals surface area contributed by atoms with Gasteiger partial charge in [0.25, 0.3) is 0 Å². The van der Waals surface area contributed by atoms with Crippen LogP contribution in [0.3, 0.4) is 0 Å². The fraction of sp³-hybridized carbons (Fsp3) is 0.943. The van der Waals surface area contributed by atoms with Crippen LogP contribution in [0.1, 0.15) is 110 Å². The molecule has 0 aromatic carbocycles. The molecule has 1 aromatic rings. The largest absolute Gasteiger partial charge is 0.394 e. The second kappa shape index (κ2) is 30.0. The highest BCUT2D eigenvalue weighted by molar-refractivity contribution is 4.90. The molecule has 16 nitrogen and oxygen atoms in total. The van der Waals surface area contributed by atoms with E-state index in [4.69, 9.17) is 39.3 Å². The molecular formula is C35H70N4O12. The lowest BCUT2D eigenvalue weighted by Gasteiger charge is -2.32. The van der Waals surface area contributed by atoms with E-state index in [1.165, 1.54) is 69.9 Å². The van der Waals surface area contributed by atoms with Gasteiger partial charge in [-0.3, -0.25) is 0 Å². The van der Waals surface area contributed by atoms with Crippen molar-refractivity contribution in [2.24, 2.45) is 5.73 Å². The van der Waals surface area contributed by atoms with Crippen LogP contribution < -0.4 is 5.73 Å². The van der Waals surface area contributed by atoms with E-state index < -0.39 is 56.0 Å². The number of hydrogen-bond acceptors (Lipinski definition) is 15. The Kier molecular flexibility index (Phi) is 28.0. The first-order valence-corrected chi connectivity index (χ1v) is 18.9. The molecule has 0 saturated heterocycles. The minimum Gasteiger partial charge on any atom is -0.394 e. The highest BCUT2D eigenvalue weighted by Crippen LogP contribution is 2.16. The summed E-state index contributed by atoms with van der Waals surface area (Å²) in [6.45, 7) is 8.59. The lowest BCUT2D eigenvalue weighted by Crippen LogP contribution is -2.48. The fourth-order valence-corrected chi connectivity index (χ4v) is 5.18. The van der Waals surface area contributed by atoms with E-state index in [1.54, 1.807) is 6.20 Å². The Bertz CT molecular complexity index is 911. The molecule has 0 bridgehead atoms. The van der Waals surface area contributed by atoms with Crippen molar-refractivity contribution in [1.29, 1.82) is 0 Å². The summed E-state index contributed by atoms with van der Waals surface area (Å²) in [5, 5.41) is 67.5. The van der Waals surface area contributed by atoms with Crippen molar-refractivity contribution in [2.45, 2.75) is 173 Å². The van der Waals surface area contributed by atoms with Crippen molar-refractivity contribution in [2.75, 3.05) is 39.6 Å². The lowest BCUT2D eigenvalue weighted by atomic mass is 10.1. The molecule has 302 valence electrons. The normalized spacial score (nSPS) is 16.4. The number of rotatable bonds is 35. The standard InChI is InChI=1S/C35H70N4O12/c1-5-7-9-11-13-15-17-46-24-29(25-47-18-16-14-12-10-8-6-2)48-23-28-20-39(38-37-28)21-32(26(3)41)51-35(34(44)45)50-27(4)49-31(19-36)33(43)30(42)22-40/h20,26-27,29-35,40-45H,5-19,21-25,36H2,1-4H3. The SMILES string of the molecule is CCCCCCCCOCC(COCCCCCCCC)OCc1cn(CC(OC(OC(C)OC(CN)C(O)C(O)CO)C(O)O)C(C)O)nn1. The Morgan fingerprint density at radius 1 is 0.765 bits per heavy atom. The van der Waals surface area contributed by atoms with Gasteiger partial charge in [0.05, 0.1) is 45.3 Å². The molecule has 1 rings (SSSR count). The van der Waals surface area contributed by atoms with E-state index in [-0.39, 0.29) is 25.8 Å². The Morgan fingerprint density at radius 2 is 1.33 bits per heavy atom. The molecule has 0 fully saturated rings. The number of ether oxygens (including phenoxy) is 6. The van der Waals surface area contributed by atoms with Gasteiger partial charge in [-0.15, -0.1) is 5.10 Å². The summed E-state index contributed by atoms with van der Waals surface area (Å²) in [7, 11) is 0. The van der Waals surface area contributed by atoms with Gasteiger partial charge in [0.15, 0.2) is 6.29 Å². The van der Waals surface area contributed by atoms with Crippen LogP contribution in [0.2, 0.25) is 0 Å². The van der Waals surface area contributed by atoms with Gasteiger partial charge in [-0.25, -0.2) is 4.68 Å². The van der Waals surface area contributed by atoms with Crippen LogP contribution in [0.4, 0.5) is 0 Å². The van der Waals surface area contributed by atoms with Gasteiger partial charge in [-0.05, 0) is 26.7 Å². The van der Waals surface area contributed by atoms with Crippen molar-refractivity contribution in [1.82, 2.24) is 15.0 Å². The van der Waals surface area contributed by atoms with Gasteiger partial charge in [0.2, 0.25) is 12.6 Å². The molecule has 0 aliphatic heterocycles. The molecule has 0 aliphatic rings. The maximum Gasteiger partial charge on any atom is 0.211 e. The molecule has 51 heavy (non-hydrogen) atoms. The number of aliphatic hydroxyl groups excluding tert-OH is 5. The molecule has 0 aliphatic carbocycles. The second-order valence-corrected chi connectivity index (χ2v) is 13.1. The maximum absolute atomic E-state index is 10.4. The topological polar surface area (TPSA) is 233 Å². The number of unbranched alkanes of at least 4 members (excludes halogenated alkanes) is 10. The van der Waals surface area contributed by atoms with Gasteiger partial charge in [-0.2, -0.15) is 0 Å². The fourth-order valence-electron chi connectivity index (χ4n) is 5.18. The molecule has 0 amide bonds. The van der Waals surface area contributed by atoms with Crippen LogP contribution in [0.15, 0.2) is 6.20 Å². The molecule has 0 radical (unpaired) electrons. The third kappa shape index (κ3) is 22.4. The lowest BCUT2D eigenvalue weighted by molar-refractivity contribution is -0.330. The molecule has 0 saturated carbocycles. The van der Waals surface area contributed by atoms with Gasteiger partial charge in [-0.1, -0.05) is 83.3 Å². The van der Waals surface area contributed by atoms with Gasteiger partial charge in [0.1, 0.15) is 36.2 Å². The van der Waals surface area contributed by atoms with Crippen molar-refractivity contribution in [3.63, 3.8) is 0 Å². The van der Waals surface area contributed by atoms with E-state index in [0.29, 0.717) is 32.1 Å². The molecule has 0 spiro atoms. The van der Waals surface area contributed by atoms with E-state index >= 15 is 0 Å². The molecule has 7 atom stereocenters. The van der Waals surface area contributed by atoms with Crippen molar-refractivity contribution >= 4 is 0 Å². The van der Waals surface area contributed by atoms with Crippen LogP contribution >= 0.6 is 0 Å². The third-order valence-electron chi connectivity index (χ3n) is 8.29. The van der Waals surface area contributed by atoms with Crippen LogP contribution in [-0.4, -0.2) is 141 Å². The van der Waals surface area contributed by atoms with Crippen molar-refractivity contribution in [3.05, 3.63) is 11.9 Å². The van der Waals surface area contributed by atoms with Crippen LogP contribution in [-0.2, 0) is 41.6 Å². The van der Waals surface area contributed by atoms with E-state index in [0.717, 1.165) is 25.7 Å². The molecular weight excluding hydrogens is 668 g/mol. The first-order chi connectivity index (χ1) is 24.6. The Hall–Kier alpha value is -1.38. The van der Waals surface area contributed by atoms with Crippen molar-refractivity contribution in [3.8, 4) is 0 Å². The highest BCUT2D eigenvalue weighted by atomic mass is 16.8. The molecule has 8 N–H and O–H groups in total. The Morgan fingerprint density at radius 3 is 1.84 bits per heavy atom. The quantitative estimate of drug-likeness (QED) is 0.0388. The van der Waals surface area contributed by atoms with E-state index in [2.05, 4.69) is 24.2 Å². The van der Waals surface area contributed by atoms with Crippen LogP contribution in [0.5, 0.6) is 0 Å². The number of nitrogens with zero attached hydrogens (tertiary/aromatic N) is 3. The van der Waals surface area contributed by atoms with E-state index in [1.807, 2.05) is 0 Å². The van der Waals surface area contributed by atoms with Crippen LogP contribution in [0, 0.1) is 0 Å². The summed E-state index contributed by atoms with van der Waals surface area (Å²) >= 11 is 0. The maximum atomic E-state index is 10.4. The Labute approximate surface area is 304 Å². The molecule has 1 aromatic heterocycles. The summed E-state index contributed by atoms with van der Waals surface area (Å²) < 4.78 is 36.1. The summed E-state index contributed by atoms with van der Waals surface area (Å²) in [6, 6.07) is 0. The smallest absolute Gasteiger partial charge is 0.211 e. The number of aromatic nitrogens is 3. The van der Waals surface area contributed by atoms with E-state index in [9.17, 15) is 25.5 Å². The summed E-state index contributed by atoms with van der Waals surface area (Å²) in [6.07, 6.45) is 4.28. The number of nitrogens with two attached hydrogens (primary N) is 1. The van der Waals surface area contributed by atoms with Crippen LogP contribution in [0.25, 0.3) is 0 Å². The zero-order chi connectivity index (χ0) is 37.9. The minimum absolute atomic E-state index is 0.0223. The second-order valence-electron chi connectivity index (χ2n) is 13.1. The molecule has 7 unspecified atom stereocenters. The average Bonchev–Trinajstić information content (AvgIpc) is 3.56. The van der Waals surface area contributed by atoms with Gasteiger partial charge < -0.3 is 64.8 Å². The molecule has 16 heteroatoms. The zero-order valence-corrected chi connectivity index (χ0v) is 31.5. The first kappa shape index (κ1) is 47.6. The predicted molar refractivity (Wildman–Crippen MR) is 189 cm³/mol. The summed E-state index contributed by atoms with van der Waals surface area (Å²) in [5.74, 6) is 0. The van der Waals surface area contributed by atoms with Gasteiger partial charge in [0, 0.05) is 19.8 Å². The zero-order valence-electron chi connectivity index (χ0n) is 31.5. The Balaban J connectivity index is 2.72. The molecule has 1 heterocycles. The first-order valence-electron chi connectivity index (χ1n) is 18.9. The highest BCUT2D eigenvalue weighted by Gasteiger charge is 2.32. The third-order valence-corrected chi connectivity index (χ3v) is 8.29.